The van der Waals surface area contributed by atoms with Crippen molar-refractivity contribution in [1.82, 2.24) is 10.6 Å². The maximum atomic E-state index is 12.9. The predicted molar refractivity (Wildman–Crippen MR) is 138 cm³/mol. The number of halogens is 1. The summed E-state index contributed by atoms with van der Waals surface area (Å²) in [6.45, 7) is 5.68. The maximum absolute atomic E-state index is 12.9. The van der Waals surface area contributed by atoms with Gasteiger partial charge in [0.25, 0.3) is 0 Å². The lowest BCUT2D eigenvalue weighted by Crippen LogP contribution is -2.44. The van der Waals surface area contributed by atoms with E-state index in [1.165, 1.54) is 12.1 Å². The van der Waals surface area contributed by atoms with Gasteiger partial charge in [0.2, 0.25) is 5.91 Å². The predicted octanol–water partition coefficient (Wildman–Crippen LogP) is 2.72. The van der Waals surface area contributed by atoms with Crippen molar-refractivity contribution in [1.29, 1.82) is 0 Å². The number of carbonyl (C=O) groups excluding carboxylic acids is 1. The Morgan fingerprint density at radius 3 is 2.38 bits per heavy atom. The highest BCUT2D eigenvalue weighted by Crippen LogP contribution is 2.18. The van der Waals surface area contributed by atoms with Crippen LogP contribution in [0.1, 0.15) is 25.3 Å². The number of aliphatic hydroxyl groups excluding tert-OH is 1. The van der Waals surface area contributed by atoms with E-state index in [1.54, 1.807) is 24.3 Å². The molecule has 3 rings (SSSR count). The largest absolute Gasteiger partial charge is 0.491 e. The van der Waals surface area contributed by atoms with E-state index in [4.69, 9.17) is 18.9 Å². The normalized spacial score (nSPS) is 15.6. The SMILES string of the molecule is CC(CNC(=O)C1CCOCC1)NCC(O)COc1ccc(OCCOCCc2ccc(F)cc2)cc1. The minimum Gasteiger partial charge on any atom is -0.491 e. The van der Waals surface area contributed by atoms with Gasteiger partial charge in [-0.25, -0.2) is 4.39 Å². The van der Waals surface area contributed by atoms with Crippen LogP contribution in [0.5, 0.6) is 11.5 Å². The summed E-state index contributed by atoms with van der Waals surface area (Å²) in [7, 11) is 0. The number of carbonyl (C=O) groups is 1. The van der Waals surface area contributed by atoms with E-state index in [0.29, 0.717) is 57.6 Å². The molecule has 0 aliphatic carbocycles. The molecule has 0 aromatic heterocycles. The Morgan fingerprint density at radius 2 is 1.68 bits per heavy atom. The zero-order chi connectivity index (χ0) is 26.3. The molecule has 204 valence electrons. The van der Waals surface area contributed by atoms with E-state index in [9.17, 15) is 14.3 Å². The maximum Gasteiger partial charge on any atom is 0.223 e. The van der Waals surface area contributed by atoms with Crippen LogP contribution < -0.4 is 20.1 Å². The molecule has 0 radical (unpaired) electrons. The Bertz CT molecular complexity index is 906. The van der Waals surface area contributed by atoms with Crippen LogP contribution in [0.15, 0.2) is 48.5 Å². The molecule has 9 heteroatoms. The molecule has 3 N–H and O–H groups in total. The first-order valence-electron chi connectivity index (χ1n) is 12.9. The number of hydrogen-bond donors (Lipinski definition) is 3. The van der Waals surface area contributed by atoms with Crippen LogP contribution in [-0.2, 0) is 20.7 Å². The second-order valence-electron chi connectivity index (χ2n) is 9.21. The van der Waals surface area contributed by atoms with Gasteiger partial charge < -0.3 is 34.7 Å². The molecule has 1 heterocycles. The summed E-state index contributed by atoms with van der Waals surface area (Å²) in [5, 5.41) is 16.4. The van der Waals surface area contributed by atoms with Crippen LogP contribution in [0.2, 0.25) is 0 Å². The van der Waals surface area contributed by atoms with Crippen molar-refractivity contribution in [3.8, 4) is 11.5 Å². The van der Waals surface area contributed by atoms with Crippen LogP contribution in [0, 0.1) is 11.7 Å². The Hall–Kier alpha value is -2.72. The van der Waals surface area contributed by atoms with Gasteiger partial charge in [0.1, 0.15) is 36.6 Å². The molecule has 37 heavy (non-hydrogen) atoms. The number of amides is 1. The monoisotopic (exact) mass is 518 g/mol. The van der Waals surface area contributed by atoms with Crippen molar-refractivity contribution in [3.05, 3.63) is 59.9 Å². The first-order valence-corrected chi connectivity index (χ1v) is 12.9. The lowest BCUT2D eigenvalue weighted by atomic mass is 9.99. The average molecular weight is 519 g/mol. The molecule has 1 fully saturated rings. The molecule has 2 aromatic carbocycles. The van der Waals surface area contributed by atoms with Gasteiger partial charge in [-0.1, -0.05) is 12.1 Å². The first-order chi connectivity index (χ1) is 18.0. The third kappa shape index (κ3) is 11.5. The van der Waals surface area contributed by atoms with Crippen LogP contribution in [0.4, 0.5) is 4.39 Å². The lowest BCUT2D eigenvalue weighted by Gasteiger charge is -2.23. The Labute approximate surface area is 218 Å². The molecule has 1 aliphatic heterocycles. The molecule has 2 unspecified atom stereocenters. The molecule has 8 nitrogen and oxygen atoms in total. The highest BCUT2D eigenvalue weighted by atomic mass is 19.1. The fourth-order valence-electron chi connectivity index (χ4n) is 3.81. The van der Waals surface area contributed by atoms with Gasteiger partial charge in [-0.15, -0.1) is 0 Å². The van der Waals surface area contributed by atoms with Crippen molar-refractivity contribution in [2.75, 3.05) is 52.7 Å². The Balaban J connectivity index is 1.21. The van der Waals surface area contributed by atoms with Gasteiger partial charge in [0.05, 0.1) is 13.2 Å². The topological polar surface area (TPSA) is 98.3 Å². The zero-order valence-electron chi connectivity index (χ0n) is 21.5. The molecule has 0 bridgehead atoms. The lowest BCUT2D eigenvalue weighted by molar-refractivity contribution is -0.127. The number of benzene rings is 2. The molecule has 2 atom stereocenters. The summed E-state index contributed by atoms with van der Waals surface area (Å²) in [6.07, 6.45) is 1.58. The summed E-state index contributed by atoms with van der Waals surface area (Å²) in [5.74, 6) is 1.20. The number of rotatable bonds is 16. The first kappa shape index (κ1) is 28.8. The summed E-state index contributed by atoms with van der Waals surface area (Å²) in [5.41, 5.74) is 1.03. The van der Waals surface area contributed by atoms with Crippen molar-refractivity contribution in [3.63, 3.8) is 0 Å². The second kappa shape index (κ2) is 16.2. The third-order valence-corrected chi connectivity index (χ3v) is 6.09. The highest BCUT2D eigenvalue weighted by molar-refractivity contribution is 5.78. The molecule has 1 aliphatic rings. The number of nitrogens with one attached hydrogen (secondary N) is 2. The molecular formula is C28H39FN2O6. The standard InChI is InChI=1S/C28H39FN2O6/c1-21(18-31-28(33)23-11-14-34-15-12-23)30-19-25(32)20-37-27-8-6-26(7-9-27)36-17-16-35-13-10-22-2-4-24(29)5-3-22/h2-9,21,23,25,30,32H,10-20H2,1H3,(H,31,33). The molecule has 2 aromatic rings. The highest BCUT2D eigenvalue weighted by Gasteiger charge is 2.21. The number of hydrogen-bond acceptors (Lipinski definition) is 7. The average Bonchev–Trinajstić information content (AvgIpc) is 2.93. The van der Waals surface area contributed by atoms with E-state index in [-0.39, 0.29) is 30.3 Å². The Kier molecular flexibility index (Phi) is 12.6. The van der Waals surface area contributed by atoms with Crippen LogP contribution in [0.3, 0.4) is 0 Å². The Morgan fingerprint density at radius 1 is 1.00 bits per heavy atom. The van der Waals surface area contributed by atoms with Crippen molar-refractivity contribution in [2.45, 2.75) is 38.3 Å². The van der Waals surface area contributed by atoms with Gasteiger partial charge in [-0.2, -0.15) is 0 Å². The van der Waals surface area contributed by atoms with E-state index >= 15 is 0 Å². The second-order valence-corrected chi connectivity index (χ2v) is 9.21. The van der Waals surface area contributed by atoms with Gasteiger partial charge in [0.15, 0.2) is 0 Å². The van der Waals surface area contributed by atoms with Crippen LogP contribution in [-0.4, -0.2) is 75.9 Å². The van der Waals surface area contributed by atoms with E-state index in [0.717, 1.165) is 24.8 Å². The minimum absolute atomic E-state index is 0.0294. The number of ether oxygens (including phenoxy) is 4. The van der Waals surface area contributed by atoms with Gasteiger partial charge in [-0.05, 0) is 68.1 Å². The van der Waals surface area contributed by atoms with Crippen LogP contribution in [0.25, 0.3) is 0 Å². The molecule has 0 saturated carbocycles. The minimum atomic E-state index is -0.684. The summed E-state index contributed by atoms with van der Waals surface area (Å²) in [4.78, 5) is 12.2. The van der Waals surface area contributed by atoms with Gasteiger partial charge in [-0.3, -0.25) is 4.79 Å². The summed E-state index contributed by atoms with van der Waals surface area (Å²) < 4.78 is 35.1. The zero-order valence-corrected chi connectivity index (χ0v) is 21.5. The number of aliphatic hydroxyl groups is 1. The van der Waals surface area contributed by atoms with Crippen molar-refractivity contribution >= 4 is 5.91 Å². The van der Waals surface area contributed by atoms with Crippen molar-refractivity contribution < 1.29 is 33.2 Å². The molecule has 1 amide bonds. The van der Waals surface area contributed by atoms with Crippen molar-refractivity contribution in [2.24, 2.45) is 5.92 Å². The van der Waals surface area contributed by atoms with E-state index < -0.39 is 6.10 Å². The fraction of sp³-hybridized carbons (Fsp3) is 0.536. The van der Waals surface area contributed by atoms with Gasteiger partial charge >= 0.3 is 0 Å². The smallest absolute Gasteiger partial charge is 0.223 e. The quantitative estimate of drug-likeness (QED) is 0.294. The summed E-state index contributed by atoms with van der Waals surface area (Å²) in [6, 6.07) is 13.6. The van der Waals surface area contributed by atoms with Crippen LogP contribution >= 0.6 is 0 Å². The fourth-order valence-corrected chi connectivity index (χ4v) is 3.81. The van der Waals surface area contributed by atoms with E-state index in [1.807, 2.05) is 19.1 Å². The van der Waals surface area contributed by atoms with Gasteiger partial charge in [0, 0.05) is 38.3 Å². The summed E-state index contributed by atoms with van der Waals surface area (Å²) >= 11 is 0. The van der Waals surface area contributed by atoms with E-state index in [2.05, 4.69) is 10.6 Å². The third-order valence-electron chi connectivity index (χ3n) is 6.09. The molecule has 1 saturated heterocycles. The molecular weight excluding hydrogens is 479 g/mol. The molecule has 0 spiro atoms.